The second kappa shape index (κ2) is 4.32. The summed E-state index contributed by atoms with van der Waals surface area (Å²) in [5.74, 6) is 0. The van der Waals surface area contributed by atoms with Gasteiger partial charge in [-0.25, -0.2) is 0 Å². The van der Waals surface area contributed by atoms with Gasteiger partial charge in [0.2, 0.25) is 10.3 Å². The van der Waals surface area contributed by atoms with Gasteiger partial charge in [0.25, 0.3) is 0 Å². The molecule has 0 aliphatic heterocycles. The van der Waals surface area contributed by atoms with E-state index in [1.165, 1.54) is 5.37 Å². The van der Waals surface area contributed by atoms with Crippen molar-refractivity contribution in [3.8, 4) is 0 Å². The van der Waals surface area contributed by atoms with Crippen molar-refractivity contribution in [3.63, 3.8) is 0 Å². The fourth-order valence-electron chi connectivity index (χ4n) is 0.402. The maximum atomic E-state index is 9.90. The van der Waals surface area contributed by atoms with E-state index in [1.807, 2.05) is 6.92 Å². The van der Waals surface area contributed by atoms with Crippen LogP contribution in [0.5, 0.6) is 0 Å². The van der Waals surface area contributed by atoms with Gasteiger partial charge in [-0.3, -0.25) is 0 Å². The molecule has 52 valence electrons. The van der Waals surface area contributed by atoms with Crippen LogP contribution in [-0.2, 0) is 10.3 Å². The van der Waals surface area contributed by atoms with Gasteiger partial charge in [0.1, 0.15) is 0 Å². The average Bonchev–Trinajstić information content (AvgIpc) is 1.63. The molecule has 0 bridgehead atoms. The standard InChI is InChI=1S/C6H10O2S/c1-6(2)4-3-5-9(7)8/h5H,1,3-4H2,2H3. The van der Waals surface area contributed by atoms with E-state index in [-0.39, 0.29) is 0 Å². The molecule has 0 aliphatic rings. The van der Waals surface area contributed by atoms with Gasteiger partial charge in [-0.2, -0.15) is 8.42 Å². The van der Waals surface area contributed by atoms with Gasteiger partial charge in [-0.15, -0.1) is 6.58 Å². The Bertz CT molecular complexity index is 203. The molecule has 0 atom stereocenters. The minimum absolute atomic E-state index is 0.575. The van der Waals surface area contributed by atoms with Gasteiger partial charge in [-0.1, -0.05) is 5.57 Å². The Labute approximate surface area is 56.7 Å². The molecule has 0 aromatic carbocycles. The first-order valence-corrected chi connectivity index (χ1v) is 3.82. The van der Waals surface area contributed by atoms with E-state index in [1.54, 1.807) is 0 Å². The molecule has 0 heterocycles. The third-order valence-corrected chi connectivity index (χ3v) is 1.33. The number of allylic oxidation sites excluding steroid dienone is 1. The zero-order valence-electron chi connectivity index (χ0n) is 5.42. The Kier molecular flexibility index (Phi) is 4.05. The maximum Gasteiger partial charge on any atom is 0.209 e. The third kappa shape index (κ3) is 7.43. The SMILES string of the molecule is C=C(C)CCC=S(=O)=O. The molecule has 0 N–H and O–H groups in total. The summed E-state index contributed by atoms with van der Waals surface area (Å²) in [6, 6.07) is 0. The van der Waals surface area contributed by atoms with Gasteiger partial charge < -0.3 is 0 Å². The topological polar surface area (TPSA) is 34.1 Å². The number of hydrogen-bond donors (Lipinski definition) is 0. The lowest BCUT2D eigenvalue weighted by atomic mass is 10.2. The highest BCUT2D eigenvalue weighted by Crippen LogP contribution is 1.96. The van der Waals surface area contributed by atoms with Crippen LogP contribution in [0.1, 0.15) is 19.8 Å². The van der Waals surface area contributed by atoms with E-state index in [0.29, 0.717) is 6.42 Å². The normalized spacial score (nSPS) is 8.56. The van der Waals surface area contributed by atoms with E-state index in [2.05, 4.69) is 6.58 Å². The first kappa shape index (κ1) is 8.43. The quantitative estimate of drug-likeness (QED) is 0.440. The highest BCUT2D eigenvalue weighted by atomic mass is 32.2. The molecule has 0 radical (unpaired) electrons. The van der Waals surface area contributed by atoms with Crippen LogP contribution in [0.2, 0.25) is 0 Å². The second-order valence-corrected chi connectivity index (χ2v) is 2.78. The van der Waals surface area contributed by atoms with Crippen LogP contribution in [0.3, 0.4) is 0 Å². The molecule has 0 spiro atoms. The summed E-state index contributed by atoms with van der Waals surface area (Å²) >= 11 is 0. The second-order valence-electron chi connectivity index (χ2n) is 1.92. The van der Waals surface area contributed by atoms with Crippen LogP contribution in [0.15, 0.2) is 12.2 Å². The Morgan fingerprint density at radius 3 is 2.56 bits per heavy atom. The minimum atomic E-state index is -2.00. The average molecular weight is 146 g/mol. The molecule has 0 aromatic heterocycles. The summed E-state index contributed by atoms with van der Waals surface area (Å²) in [5.41, 5.74) is 1.01. The fraction of sp³-hybridized carbons (Fsp3) is 0.500. The first-order valence-electron chi connectivity index (χ1n) is 2.68. The first-order chi connectivity index (χ1) is 4.13. The molecule has 2 nitrogen and oxygen atoms in total. The number of rotatable bonds is 3. The molecule has 3 heteroatoms. The monoisotopic (exact) mass is 146 g/mol. The molecule has 0 unspecified atom stereocenters. The summed E-state index contributed by atoms with van der Waals surface area (Å²) in [6.45, 7) is 5.51. The maximum absolute atomic E-state index is 9.90. The van der Waals surface area contributed by atoms with Gasteiger partial charge in [-0.05, 0) is 19.8 Å². The van der Waals surface area contributed by atoms with Crippen molar-refractivity contribution in [1.82, 2.24) is 0 Å². The van der Waals surface area contributed by atoms with Crippen molar-refractivity contribution < 1.29 is 8.42 Å². The molecule has 0 aliphatic carbocycles. The van der Waals surface area contributed by atoms with Crippen molar-refractivity contribution in [2.45, 2.75) is 19.8 Å². The van der Waals surface area contributed by atoms with Crippen LogP contribution in [0.25, 0.3) is 0 Å². The van der Waals surface area contributed by atoms with E-state index in [4.69, 9.17) is 0 Å². The highest BCUT2D eigenvalue weighted by Gasteiger charge is 1.82. The lowest BCUT2D eigenvalue weighted by Gasteiger charge is -1.88. The van der Waals surface area contributed by atoms with Crippen molar-refractivity contribution in [2.75, 3.05) is 0 Å². The summed E-state index contributed by atoms with van der Waals surface area (Å²) < 4.78 is 19.8. The summed E-state index contributed by atoms with van der Waals surface area (Å²) in [5, 5.41) is 1.24. The zero-order valence-corrected chi connectivity index (χ0v) is 6.24. The van der Waals surface area contributed by atoms with Gasteiger partial charge in [0, 0.05) is 5.37 Å². The Morgan fingerprint density at radius 2 is 2.22 bits per heavy atom. The Hall–Kier alpha value is -0.570. The fourth-order valence-corrected chi connectivity index (χ4v) is 0.712. The van der Waals surface area contributed by atoms with Crippen molar-refractivity contribution in [2.24, 2.45) is 0 Å². The predicted molar refractivity (Wildman–Crippen MR) is 39.0 cm³/mol. The molecule has 0 fully saturated rings. The third-order valence-electron chi connectivity index (χ3n) is 0.825. The summed E-state index contributed by atoms with van der Waals surface area (Å²) in [7, 11) is -2.00. The lowest BCUT2D eigenvalue weighted by molar-refractivity contribution is 0.627. The highest BCUT2D eigenvalue weighted by molar-refractivity contribution is 7.71. The van der Waals surface area contributed by atoms with E-state index < -0.39 is 10.3 Å². The van der Waals surface area contributed by atoms with Gasteiger partial charge >= 0.3 is 0 Å². The Balaban J connectivity index is 3.55. The minimum Gasteiger partial charge on any atom is -0.185 e. The van der Waals surface area contributed by atoms with Crippen LogP contribution in [-0.4, -0.2) is 13.8 Å². The zero-order chi connectivity index (χ0) is 7.28. The molecule has 9 heavy (non-hydrogen) atoms. The molecular weight excluding hydrogens is 136 g/mol. The van der Waals surface area contributed by atoms with Gasteiger partial charge in [0.05, 0.1) is 0 Å². The lowest BCUT2D eigenvalue weighted by Crippen LogP contribution is -1.77. The van der Waals surface area contributed by atoms with E-state index in [9.17, 15) is 8.42 Å². The van der Waals surface area contributed by atoms with Crippen molar-refractivity contribution in [3.05, 3.63) is 12.2 Å². The van der Waals surface area contributed by atoms with Crippen molar-refractivity contribution in [1.29, 1.82) is 0 Å². The van der Waals surface area contributed by atoms with Crippen molar-refractivity contribution >= 4 is 15.7 Å². The molecule has 0 aromatic rings. The predicted octanol–water partition coefficient (Wildman–Crippen LogP) is 1.02. The molecular formula is C6H10O2S. The number of hydrogen-bond acceptors (Lipinski definition) is 2. The van der Waals surface area contributed by atoms with E-state index >= 15 is 0 Å². The summed E-state index contributed by atoms with van der Waals surface area (Å²) in [6.07, 6.45) is 1.33. The summed E-state index contributed by atoms with van der Waals surface area (Å²) in [4.78, 5) is 0. The van der Waals surface area contributed by atoms with Crippen LogP contribution < -0.4 is 0 Å². The smallest absolute Gasteiger partial charge is 0.185 e. The molecule has 0 amide bonds. The molecule has 0 saturated heterocycles. The van der Waals surface area contributed by atoms with Crippen LogP contribution in [0.4, 0.5) is 0 Å². The molecule has 0 saturated carbocycles. The largest absolute Gasteiger partial charge is 0.209 e. The van der Waals surface area contributed by atoms with Crippen LogP contribution in [0, 0.1) is 0 Å². The van der Waals surface area contributed by atoms with Crippen LogP contribution >= 0.6 is 0 Å². The van der Waals surface area contributed by atoms with E-state index in [0.717, 1.165) is 12.0 Å². The molecule has 0 rings (SSSR count). The Morgan fingerprint density at radius 1 is 1.67 bits per heavy atom. The van der Waals surface area contributed by atoms with Gasteiger partial charge in [0.15, 0.2) is 0 Å².